The van der Waals surface area contributed by atoms with Crippen LogP contribution in [-0.4, -0.2) is 115 Å². The molecule has 3 aliphatic rings. The number of nitrogens with zero attached hydrogens (tertiary/aromatic N) is 4. The van der Waals surface area contributed by atoms with Gasteiger partial charge in [-0.3, -0.25) is 24.1 Å². The molecule has 0 spiro atoms. The van der Waals surface area contributed by atoms with E-state index in [4.69, 9.17) is 22.2 Å². The molecule has 5 heterocycles. The molecular formula is C29H32ClN8NaO10S2. The number of quaternary nitrogens is 1. The predicted octanol–water partition coefficient (Wildman–Crippen LogP) is -5.53. The number of halogens is 1. The number of carbonyl (C=O) groups is 5. The molecule has 2 aromatic heterocycles. The summed E-state index contributed by atoms with van der Waals surface area (Å²) in [6.07, 6.45) is 2.67. The Hall–Kier alpha value is -3.66. The van der Waals surface area contributed by atoms with Crippen molar-refractivity contribution < 1.29 is 78.2 Å². The summed E-state index contributed by atoms with van der Waals surface area (Å²) in [6, 6.07) is -1.16. The number of nitrogen functional groups attached to an aromatic ring is 1. The van der Waals surface area contributed by atoms with E-state index in [1.807, 2.05) is 0 Å². The number of aromatic hydroxyl groups is 1. The SMILES string of the molecule is CC(C)(O/N=C(/C(=O)N[C@@H]1C(=O)N2C(C(=O)[O-])=C(C[N+]3(CCNC(=O)c4[nH]cc(O)c(=O)c4Cl)CCCC3)CS[C@H]12)c1csc(N)n1)C(=O)[O-].[Na+]. The first-order valence-corrected chi connectivity index (χ1v) is 17.5. The smallest absolute Gasteiger partial charge is 0.546 e. The minimum absolute atomic E-state index is 0. The van der Waals surface area contributed by atoms with Crippen molar-refractivity contribution >= 4 is 75.2 Å². The average molecular weight is 775 g/mol. The molecular weight excluding hydrogens is 743 g/mol. The molecule has 2 atom stereocenters. The van der Waals surface area contributed by atoms with Crippen molar-refractivity contribution in [3.05, 3.63) is 49.5 Å². The van der Waals surface area contributed by atoms with Crippen LogP contribution >= 0.6 is 34.7 Å². The number of aromatic nitrogens is 2. The number of amides is 3. The molecule has 22 heteroatoms. The van der Waals surface area contributed by atoms with Crippen LogP contribution in [0, 0.1) is 0 Å². The molecule has 51 heavy (non-hydrogen) atoms. The van der Waals surface area contributed by atoms with Gasteiger partial charge in [0.1, 0.15) is 34.4 Å². The minimum Gasteiger partial charge on any atom is -0.546 e. The van der Waals surface area contributed by atoms with Gasteiger partial charge in [-0.05, 0) is 13.8 Å². The number of anilines is 1. The normalized spacial score (nSPS) is 19.8. The number of rotatable bonds is 13. The van der Waals surface area contributed by atoms with E-state index in [-0.39, 0.29) is 70.6 Å². The molecule has 2 fully saturated rings. The summed E-state index contributed by atoms with van der Waals surface area (Å²) in [5, 5.41) is 42.6. The number of nitrogens with one attached hydrogen (secondary N) is 3. The van der Waals surface area contributed by atoms with Gasteiger partial charge in [0.2, 0.25) is 5.43 Å². The van der Waals surface area contributed by atoms with Crippen molar-refractivity contribution in [1.82, 2.24) is 25.5 Å². The third-order valence-corrected chi connectivity index (χ3v) is 10.9. The zero-order chi connectivity index (χ0) is 36.5. The van der Waals surface area contributed by atoms with Gasteiger partial charge in [-0.15, -0.1) is 23.1 Å². The molecule has 0 aliphatic carbocycles. The first kappa shape index (κ1) is 40.1. The van der Waals surface area contributed by atoms with Gasteiger partial charge in [0, 0.05) is 35.7 Å². The van der Waals surface area contributed by atoms with Crippen LogP contribution in [0.15, 0.2) is 32.8 Å². The first-order valence-electron chi connectivity index (χ1n) is 15.2. The van der Waals surface area contributed by atoms with Gasteiger partial charge in [0.25, 0.3) is 17.7 Å². The van der Waals surface area contributed by atoms with Crippen molar-refractivity contribution in [2.45, 2.75) is 43.7 Å². The van der Waals surface area contributed by atoms with Crippen LogP contribution in [0.4, 0.5) is 5.13 Å². The number of carboxylic acid groups (broad SMARTS) is 2. The standard InChI is InChI=1S/C29H33ClN8O10S2.Na/c1-29(2,27(46)47)48-36-17(14-12-50-28(31)34-14)23(42)35-19-24(43)37-20(26(44)45)13(11-49-25(19)37)10-38(6-3-4-7-38)8-5-32-22(41)18-16(30)21(40)15(39)9-33-18;/h9,12,19,25H,3-8,10-11H2,1-2H3,(H7-,31,32,33,34,35,36,39,40,41,42,44,45,46,47);/q;+1/p-1/t19-,25-;/m1./s1. The molecule has 0 unspecified atom stereocenters. The van der Waals surface area contributed by atoms with Crippen molar-refractivity contribution in [3.63, 3.8) is 0 Å². The number of aliphatic carboxylic acids is 2. The number of carbonyl (C=O) groups excluding carboxylic acids is 5. The second kappa shape index (κ2) is 15.9. The van der Waals surface area contributed by atoms with Gasteiger partial charge < -0.3 is 55.6 Å². The summed E-state index contributed by atoms with van der Waals surface area (Å²) in [5.41, 5.74) is 2.37. The van der Waals surface area contributed by atoms with E-state index in [1.165, 1.54) is 17.1 Å². The number of β-lactam (4-membered cyclic amide) rings is 1. The van der Waals surface area contributed by atoms with E-state index in [0.717, 1.165) is 49.1 Å². The Balaban J connectivity index is 0.00000583. The van der Waals surface area contributed by atoms with Gasteiger partial charge in [-0.25, -0.2) is 4.98 Å². The van der Waals surface area contributed by atoms with Crippen LogP contribution in [0.2, 0.25) is 5.02 Å². The third kappa shape index (κ3) is 8.37. The van der Waals surface area contributed by atoms with Gasteiger partial charge in [-0.1, -0.05) is 16.8 Å². The number of thiazole rings is 1. The fourth-order valence-corrected chi connectivity index (χ4v) is 7.95. The maximum Gasteiger partial charge on any atom is 1.00 e. The molecule has 3 amide bonds. The Kier molecular flexibility index (Phi) is 12.5. The number of fused-ring (bicyclic) bond motifs is 1. The molecule has 0 saturated carbocycles. The molecule has 3 aliphatic heterocycles. The number of nitrogens with two attached hydrogens (primary N) is 1. The fraction of sp³-hybridized carbons (Fsp3) is 0.448. The van der Waals surface area contributed by atoms with Crippen molar-refractivity contribution in [2.75, 3.05) is 44.2 Å². The molecule has 2 aromatic rings. The monoisotopic (exact) mass is 774 g/mol. The zero-order valence-electron chi connectivity index (χ0n) is 27.6. The molecule has 268 valence electrons. The Bertz CT molecular complexity index is 1880. The van der Waals surface area contributed by atoms with Gasteiger partial charge in [-0.2, -0.15) is 0 Å². The maximum atomic E-state index is 13.4. The number of oxime groups is 1. The number of hydrogen-bond acceptors (Lipinski definition) is 15. The molecule has 2 saturated heterocycles. The number of hydrogen-bond donors (Lipinski definition) is 5. The Morgan fingerprint density at radius 3 is 2.55 bits per heavy atom. The van der Waals surface area contributed by atoms with Crippen molar-refractivity contribution in [2.24, 2.45) is 5.16 Å². The van der Waals surface area contributed by atoms with Gasteiger partial charge in [0.15, 0.2) is 22.2 Å². The van der Waals surface area contributed by atoms with E-state index < -0.39 is 68.6 Å². The first-order chi connectivity index (χ1) is 23.5. The van der Waals surface area contributed by atoms with Crippen LogP contribution in [0.25, 0.3) is 0 Å². The fourth-order valence-electron chi connectivity index (χ4n) is 5.83. The van der Waals surface area contributed by atoms with Gasteiger partial charge in [0.05, 0.1) is 43.8 Å². The topological polar surface area (TPSA) is 272 Å². The maximum absolute atomic E-state index is 13.4. The van der Waals surface area contributed by atoms with Crippen LogP contribution in [0.3, 0.4) is 0 Å². The average Bonchev–Trinajstić information content (AvgIpc) is 3.71. The quantitative estimate of drug-likeness (QED) is 0.0418. The van der Waals surface area contributed by atoms with Crippen LogP contribution in [-0.2, 0) is 24.0 Å². The van der Waals surface area contributed by atoms with E-state index in [9.17, 15) is 44.1 Å². The zero-order valence-corrected chi connectivity index (χ0v) is 32.0. The van der Waals surface area contributed by atoms with Crippen molar-refractivity contribution in [1.29, 1.82) is 0 Å². The number of H-pyrrole nitrogens is 1. The van der Waals surface area contributed by atoms with Crippen LogP contribution < -0.4 is 61.6 Å². The number of likely N-dealkylation sites (tertiary alicyclic amines) is 1. The predicted molar refractivity (Wildman–Crippen MR) is 175 cm³/mol. The summed E-state index contributed by atoms with van der Waals surface area (Å²) in [4.78, 5) is 87.9. The Morgan fingerprint density at radius 2 is 1.94 bits per heavy atom. The summed E-state index contributed by atoms with van der Waals surface area (Å²) < 4.78 is 0.415. The minimum atomic E-state index is -1.92. The van der Waals surface area contributed by atoms with E-state index >= 15 is 0 Å². The van der Waals surface area contributed by atoms with E-state index in [2.05, 4.69) is 25.8 Å². The summed E-state index contributed by atoms with van der Waals surface area (Å²) in [7, 11) is 0. The summed E-state index contributed by atoms with van der Waals surface area (Å²) >= 11 is 8.16. The molecule has 0 bridgehead atoms. The Labute approximate surface area is 325 Å². The number of thioether (sulfide) groups is 1. The largest absolute Gasteiger partial charge is 1.00 e. The third-order valence-electron chi connectivity index (χ3n) is 8.51. The Morgan fingerprint density at radius 1 is 1.25 bits per heavy atom. The molecule has 18 nitrogen and oxygen atoms in total. The molecule has 5 rings (SSSR count). The number of aromatic amines is 1. The molecule has 0 radical (unpaired) electrons. The second-order valence-electron chi connectivity index (χ2n) is 12.3. The van der Waals surface area contributed by atoms with E-state index in [0.29, 0.717) is 29.7 Å². The molecule has 6 N–H and O–H groups in total. The molecule has 0 aromatic carbocycles. The number of carboxylic acids is 2. The van der Waals surface area contributed by atoms with Gasteiger partial charge >= 0.3 is 29.6 Å². The van der Waals surface area contributed by atoms with Crippen LogP contribution in [0.1, 0.15) is 42.9 Å². The van der Waals surface area contributed by atoms with E-state index in [1.54, 1.807) is 0 Å². The van der Waals surface area contributed by atoms with Crippen LogP contribution in [0.5, 0.6) is 5.75 Å². The number of pyridine rings is 1. The second-order valence-corrected chi connectivity index (χ2v) is 14.7. The summed E-state index contributed by atoms with van der Waals surface area (Å²) in [5.74, 6) is -5.88. The summed E-state index contributed by atoms with van der Waals surface area (Å²) in [6.45, 7) is 4.48. The van der Waals surface area contributed by atoms with Crippen molar-refractivity contribution in [3.8, 4) is 5.75 Å².